The number of carboxylic acids is 1. The van der Waals surface area contributed by atoms with Crippen molar-refractivity contribution in [3.05, 3.63) is 84.4 Å². The van der Waals surface area contributed by atoms with Crippen molar-refractivity contribution in [1.29, 1.82) is 0 Å². The van der Waals surface area contributed by atoms with Crippen molar-refractivity contribution < 1.29 is 24.1 Å². The monoisotopic (exact) mass is 432 g/mol. The van der Waals surface area contributed by atoms with Crippen LogP contribution in [0.5, 0.6) is 11.5 Å². The van der Waals surface area contributed by atoms with Gasteiger partial charge in [0.25, 0.3) is 0 Å². The van der Waals surface area contributed by atoms with Gasteiger partial charge in [0.2, 0.25) is 5.60 Å². The van der Waals surface area contributed by atoms with Gasteiger partial charge < -0.3 is 19.3 Å². The summed E-state index contributed by atoms with van der Waals surface area (Å²) >= 11 is 0. The third-order valence-electron chi connectivity index (χ3n) is 5.68. The zero-order chi connectivity index (χ0) is 22.2. The maximum absolute atomic E-state index is 11.6. The maximum Gasteiger partial charge on any atom is 0.348 e. The minimum Gasteiger partial charge on any atom is -0.493 e. The molecule has 1 saturated carbocycles. The molecule has 4 rings (SSSR count). The highest BCUT2D eigenvalue weighted by atomic mass is 16.5. The lowest BCUT2D eigenvalue weighted by Gasteiger charge is -2.37. The summed E-state index contributed by atoms with van der Waals surface area (Å²) < 4.78 is 17.5. The molecule has 3 aromatic carbocycles. The lowest BCUT2D eigenvalue weighted by atomic mass is 9.80. The Bertz CT molecular complexity index is 1030. The Labute approximate surface area is 188 Å². The summed E-state index contributed by atoms with van der Waals surface area (Å²) in [5.41, 5.74) is 2.04. The molecule has 5 nitrogen and oxygen atoms in total. The summed E-state index contributed by atoms with van der Waals surface area (Å²) in [5, 5.41) is 9.51. The van der Waals surface area contributed by atoms with Gasteiger partial charge in [0.1, 0.15) is 11.5 Å². The molecule has 1 fully saturated rings. The average molecular weight is 433 g/mol. The topological polar surface area (TPSA) is 65.0 Å². The molecule has 0 bridgehead atoms. The fourth-order valence-corrected chi connectivity index (χ4v) is 3.70. The van der Waals surface area contributed by atoms with Crippen molar-refractivity contribution in [3.8, 4) is 22.6 Å². The summed E-state index contributed by atoms with van der Waals surface area (Å²) in [6.45, 7) is 1.82. The number of carbonyl (C=O) groups is 1. The Kier molecular flexibility index (Phi) is 7.07. The number of benzene rings is 3. The number of hydrogen-bond acceptors (Lipinski definition) is 4. The number of hydrogen-bond donors (Lipinski definition) is 1. The van der Waals surface area contributed by atoms with E-state index in [-0.39, 0.29) is 0 Å². The van der Waals surface area contributed by atoms with Gasteiger partial charge in [-0.3, -0.25) is 0 Å². The fourth-order valence-electron chi connectivity index (χ4n) is 3.70. The molecule has 0 saturated heterocycles. The van der Waals surface area contributed by atoms with E-state index in [9.17, 15) is 9.90 Å². The van der Waals surface area contributed by atoms with Crippen molar-refractivity contribution >= 4 is 5.97 Å². The molecule has 0 amide bonds. The fraction of sp³-hybridized carbons (Fsp3) is 0.296. The third kappa shape index (κ3) is 5.48. The van der Waals surface area contributed by atoms with Crippen LogP contribution in [0.15, 0.2) is 78.9 Å². The standard InChI is InChI=1S/C27H28O5/c28-26(29)27(14-6-15-27)32-25-13-5-11-23(19-25)22-10-4-12-24(18-22)31-17-7-16-30-20-21-8-2-1-3-9-21/h1-5,8-13,18-19H,6-7,14-17,20H2,(H,28,29). The van der Waals surface area contributed by atoms with Gasteiger partial charge in [0, 0.05) is 6.42 Å². The normalized spacial score (nSPS) is 14.4. The van der Waals surface area contributed by atoms with Gasteiger partial charge in [-0.1, -0.05) is 54.6 Å². The highest BCUT2D eigenvalue weighted by molar-refractivity contribution is 5.79. The van der Waals surface area contributed by atoms with Crippen LogP contribution in [0.4, 0.5) is 0 Å². The van der Waals surface area contributed by atoms with E-state index < -0.39 is 11.6 Å². The van der Waals surface area contributed by atoms with Crippen LogP contribution in [0.2, 0.25) is 0 Å². The first kappa shape index (κ1) is 21.9. The average Bonchev–Trinajstić information content (AvgIpc) is 2.79. The Balaban J connectivity index is 1.29. The first-order chi connectivity index (χ1) is 15.6. The molecule has 0 aliphatic heterocycles. The Morgan fingerprint density at radius 2 is 1.53 bits per heavy atom. The molecule has 1 aliphatic carbocycles. The first-order valence-corrected chi connectivity index (χ1v) is 11.0. The molecule has 166 valence electrons. The molecule has 0 heterocycles. The number of carboxylic acid groups (broad SMARTS) is 1. The predicted molar refractivity (Wildman–Crippen MR) is 123 cm³/mol. The largest absolute Gasteiger partial charge is 0.493 e. The quantitative estimate of drug-likeness (QED) is 0.392. The van der Waals surface area contributed by atoms with Gasteiger partial charge in [-0.2, -0.15) is 0 Å². The van der Waals surface area contributed by atoms with Crippen LogP contribution in [0.1, 0.15) is 31.2 Å². The predicted octanol–water partition coefficient (Wildman–Crippen LogP) is 5.73. The van der Waals surface area contributed by atoms with Crippen molar-refractivity contribution in [3.63, 3.8) is 0 Å². The molecule has 5 heteroatoms. The summed E-state index contributed by atoms with van der Waals surface area (Å²) in [4.78, 5) is 11.6. The first-order valence-electron chi connectivity index (χ1n) is 11.0. The summed E-state index contributed by atoms with van der Waals surface area (Å²) in [5.74, 6) is 0.474. The van der Waals surface area contributed by atoms with Crippen LogP contribution in [-0.4, -0.2) is 29.9 Å². The van der Waals surface area contributed by atoms with Crippen molar-refractivity contribution in [2.24, 2.45) is 0 Å². The smallest absolute Gasteiger partial charge is 0.348 e. The Hall–Kier alpha value is -3.31. The Morgan fingerprint density at radius 1 is 0.844 bits per heavy atom. The van der Waals surface area contributed by atoms with Gasteiger partial charge in [-0.15, -0.1) is 0 Å². The SMILES string of the molecule is O=C(O)C1(Oc2cccc(-c3cccc(OCCCOCc4ccccc4)c3)c2)CCC1. The van der Waals surface area contributed by atoms with Gasteiger partial charge >= 0.3 is 5.97 Å². The number of rotatable bonds is 11. The second-order valence-corrected chi connectivity index (χ2v) is 8.05. The number of ether oxygens (including phenoxy) is 3. The minimum absolute atomic E-state index is 0.547. The van der Waals surface area contributed by atoms with E-state index in [1.807, 2.05) is 66.7 Å². The Morgan fingerprint density at radius 3 is 2.19 bits per heavy atom. The van der Waals surface area contributed by atoms with E-state index in [2.05, 4.69) is 12.1 Å². The second kappa shape index (κ2) is 10.3. The van der Waals surface area contributed by atoms with E-state index in [1.165, 1.54) is 5.56 Å². The number of aliphatic carboxylic acids is 1. The third-order valence-corrected chi connectivity index (χ3v) is 5.68. The minimum atomic E-state index is -1.08. The molecular formula is C27H28O5. The van der Waals surface area contributed by atoms with Crippen LogP contribution < -0.4 is 9.47 Å². The van der Waals surface area contributed by atoms with Crippen molar-refractivity contribution in [2.45, 2.75) is 37.9 Å². The maximum atomic E-state index is 11.6. The molecule has 32 heavy (non-hydrogen) atoms. The molecule has 0 atom stereocenters. The van der Waals surface area contributed by atoms with Crippen LogP contribution in [0, 0.1) is 0 Å². The lowest BCUT2D eigenvalue weighted by Crippen LogP contribution is -2.50. The highest BCUT2D eigenvalue weighted by Crippen LogP contribution is 2.38. The zero-order valence-corrected chi connectivity index (χ0v) is 18.0. The van der Waals surface area contributed by atoms with E-state index in [0.717, 1.165) is 29.7 Å². The van der Waals surface area contributed by atoms with Gasteiger partial charge in [-0.25, -0.2) is 4.79 Å². The zero-order valence-electron chi connectivity index (χ0n) is 18.0. The molecule has 0 radical (unpaired) electrons. The lowest BCUT2D eigenvalue weighted by molar-refractivity contribution is -0.163. The van der Waals surface area contributed by atoms with Crippen molar-refractivity contribution in [1.82, 2.24) is 0 Å². The molecule has 0 aromatic heterocycles. The summed E-state index contributed by atoms with van der Waals surface area (Å²) in [6.07, 6.45) is 2.77. The molecule has 3 aromatic rings. The van der Waals surface area contributed by atoms with Crippen LogP contribution in [0.25, 0.3) is 11.1 Å². The molecule has 0 spiro atoms. The van der Waals surface area contributed by atoms with Gasteiger partial charge in [0.05, 0.1) is 19.8 Å². The van der Waals surface area contributed by atoms with E-state index in [1.54, 1.807) is 0 Å². The van der Waals surface area contributed by atoms with E-state index in [0.29, 0.717) is 38.4 Å². The molecule has 1 N–H and O–H groups in total. The molecular weight excluding hydrogens is 404 g/mol. The van der Waals surface area contributed by atoms with Crippen LogP contribution >= 0.6 is 0 Å². The molecule has 0 unspecified atom stereocenters. The van der Waals surface area contributed by atoms with Gasteiger partial charge in [-0.05, 0) is 60.2 Å². The second-order valence-electron chi connectivity index (χ2n) is 8.05. The molecule has 1 aliphatic rings. The van der Waals surface area contributed by atoms with E-state index >= 15 is 0 Å². The van der Waals surface area contributed by atoms with Gasteiger partial charge in [0.15, 0.2) is 0 Å². The summed E-state index contributed by atoms with van der Waals surface area (Å²) in [6, 6.07) is 25.6. The van der Waals surface area contributed by atoms with Crippen molar-refractivity contribution in [2.75, 3.05) is 13.2 Å². The van der Waals surface area contributed by atoms with E-state index in [4.69, 9.17) is 14.2 Å². The summed E-state index contributed by atoms with van der Waals surface area (Å²) in [7, 11) is 0. The highest BCUT2D eigenvalue weighted by Gasteiger charge is 2.47. The van der Waals surface area contributed by atoms with Crippen LogP contribution in [0.3, 0.4) is 0 Å². The van der Waals surface area contributed by atoms with Crippen LogP contribution in [-0.2, 0) is 16.1 Å².